The van der Waals surface area contributed by atoms with Crippen LogP contribution in [0.5, 0.6) is 0 Å². The molecule has 0 aliphatic heterocycles. The Morgan fingerprint density at radius 3 is 2.32 bits per heavy atom. The number of halogens is 1. The standard InChI is InChI=1S/C12H20BrNO3S2/c1-8-9(6-11(13)18-8)19(16,17)14(5)10(7-15)12(2,3)4/h6,10,15H,7H2,1-5H3. The van der Waals surface area contributed by atoms with Gasteiger partial charge < -0.3 is 5.11 Å². The number of sulfonamides is 1. The lowest BCUT2D eigenvalue weighted by Crippen LogP contribution is -2.47. The van der Waals surface area contributed by atoms with E-state index >= 15 is 0 Å². The molecule has 1 N–H and O–H groups in total. The summed E-state index contributed by atoms with van der Waals surface area (Å²) in [4.78, 5) is 1.04. The van der Waals surface area contributed by atoms with E-state index in [4.69, 9.17) is 0 Å². The van der Waals surface area contributed by atoms with Gasteiger partial charge in [-0.25, -0.2) is 8.42 Å². The maximum Gasteiger partial charge on any atom is 0.244 e. The summed E-state index contributed by atoms with van der Waals surface area (Å²) in [6, 6.07) is 1.15. The minimum Gasteiger partial charge on any atom is -0.395 e. The summed E-state index contributed by atoms with van der Waals surface area (Å²) in [5.74, 6) is 0. The van der Waals surface area contributed by atoms with Gasteiger partial charge in [-0.1, -0.05) is 20.8 Å². The Morgan fingerprint density at radius 2 is 2.00 bits per heavy atom. The highest BCUT2D eigenvalue weighted by Gasteiger charge is 2.36. The van der Waals surface area contributed by atoms with E-state index in [9.17, 15) is 13.5 Å². The van der Waals surface area contributed by atoms with E-state index < -0.39 is 16.1 Å². The molecule has 0 aromatic carbocycles. The highest BCUT2D eigenvalue weighted by atomic mass is 79.9. The number of rotatable bonds is 4. The van der Waals surface area contributed by atoms with Crippen molar-refractivity contribution in [1.29, 1.82) is 0 Å². The average molecular weight is 370 g/mol. The number of nitrogens with zero attached hydrogens (tertiary/aromatic N) is 1. The first-order chi connectivity index (χ1) is 8.51. The van der Waals surface area contributed by atoms with Crippen molar-refractivity contribution < 1.29 is 13.5 Å². The minimum absolute atomic E-state index is 0.205. The van der Waals surface area contributed by atoms with Crippen LogP contribution in [0, 0.1) is 12.3 Å². The summed E-state index contributed by atoms with van der Waals surface area (Å²) in [7, 11) is -2.07. The normalized spacial score (nSPS) is 14.9. The molecule has 0 fully saturated rings. The number of hydrogen-bond donors (Lipinski definition) is 1. The number of aliphatic hydroxyl groups is 1. The van der Waals surface area contributed by atoms with Crippen molar-refractivity contribution in [3.05, 3.63) is 14.7 Å². The molecule has 0 aliphatic rings. The van der Waals surface area contributed by atoms with Gasteiger partial charge in [0.05, 0.1) is 21.3 Å². The summed E-state index contributed by atoms with van der Waals surface area (Å²) in [6.45, 7) is 7.31. The number of hydrogen-bond acceptors (Lipinski definition) is 4. The molecule has 0 amide bonds. The first kappa shape index (κ1) is 17.1. The van der Waals surface area contributed by atoms with Gasteiger partial charge in [0.15, 0.2) is 0 Å². The Morgan fingerprint density at radius 1 is 1.47 bits per heavy atom. The fourth-order valence-corrected chi connectivity index (χ4v) is 5.86. The summed E-state index contributed by atoms with van der Waals surface area (Å²) >= 11 is 4.69. The molecule has 1 atom stereocenters. The third-order valence-corrected chi connectivity index (χ3v) is 6.79. The molecule has 1 unspecified atom stereocenters. The monoisotopic (exact) mass is 369 g/mol. The van der Waals surface area contributed by atoms with Crippen LogP contribution in [0.25, 0.3) is 0 Å². The van der Waals surface area contributed by atoms with E-state index in [0.717, 1.165) is 8.66 Å². The largest absolute Gasteiger partial charge is 0.395 e. The molecule has 110 valence electrons. The Hall–Kier alpha value is 0.0500. The molecule has 4 nitrogen and oxygen atoms in total. The van der Waals surface area contributed by atoms with Gasteiger partial charge in [-0.3, -0.25) is 0 Å². The maximum atomic E-state index is 12.6. The number of thiophene rings is 1. The van der Waals surface area contributed by atoms with E-state index in [1.807, 2.05) is 20.8 Å². The van der Waals surface area contributed by atoms with Gasteiger partial charge in [-0.05, 0) is 34.3 Å². The summed E-state index contributed by atoms with van der Waals surface area (Å²) in [6.07, 6.45) is 0. The van der Waals surface area contributed by atoms with Crippen molar-refractivity contribution in [2.45, 2.75) is 38.6 Å². The summed E-state index contributed by atoms with van der Waals surface area (Å²) < 4.78 is 27.3. The second-order valence-corrected chi connectivity index (χ2v) is 10.2. The molecule has 0 bridgehead atoms. The molecule has 0 saturated carbocycles. The molecule has 19 heavy (non-hydrogen) atoms. The van der Waals surface area contributed by atoms with Gasteiger partial charge in [0.2, 0.25) is 10.0 Å². The van der Waals surface area contributed by atoms with Gasteiger partial charge >= 0.3 is 0 Å². The van der Waals surface area contributed by atoms with Crippen LogP contribution in [0.2, 0.25) is 0 Å². The molecule has 0 aliphatic carbocycles. The highest BCUT2D eigenvalue weighted by molar-refractivity contribution is 9.11. The molecule has 0 radical (unpaired) electrons. The van der Waals surface area contributed by atoms with E-state index in [2.05, 4.69) is 15.9 Å². The average Bonchev–Trinajstić information content (AvgIpc) is 2.57. The molecular weight excluding hydrogens is 350 g/mol. The third-order valence-electron chi connectivity index (χ3n) is 3.11. The topological polar surface area (TPSA) is 57.6 Å². The fourth-order valence-electron chi connectivity index (χ4n) is 1.94. The molecule has 1 aromatic rings. The van der Waals surface area contributed by atoms with Crippen LogP contribution in [-0.4, -0.2) is 37.5 Å². The molecule has 0 saturated heterocycles. The van der Waals surface area contributed by atoms with Crippen LogP contribution in [0.3, 0.4) is 0 Å². The van der Waals surface area contributed by atoms with E-state index in [1.165, 1.54) is 22.7 Å². The maximum absolute atomic E-state index is 12.6. The second-order valence-electron chi connectivity index (χ2n) is 5.56. The molecular formula is C12H20BrNO3S2. The predicted octanol–water partition coefficient (Wildman–Crippen LogP) is 2.85. The first-order valence-corrected chi connectivity index (χ1v) is 8.91. The van der Waals surface area contributed by atoms with Crippen molar-refractivity contribution >= 4 is 37.3 Å². The van der Waals surface area contributed by atoms with Crippen LogP contribution in [0.4, 0.5) is 0 Å². The van der Waals surface area contributed by atoms with Crippen molar-refractivity contribution in [2.75, 3.05) is 13.7 Å². The lowest BCUT2D eigenvalue weighted by Gasteiger charge is -2.35. The van der Waals surface area contributed by atoms with Crippen LogP contribution < -0.4 is 0 Å². The molecule has 0 spiro atoms. The Bertz CT molecular complexity index is 546. The first-order valence-electron chi connectivity index (χ1n) is 5.86. The van der Waals surface area contributed by atoms with Crippen LogP contribution >= 0.6 is 27.3 Å². The lowest BCUT2D eigenvalue weighted by molar-refractivity contribution is 0.115. The fraction of sp³-hybridized carbons (Fsp3) is 0.667. The minimum atomic E-state index is -3.59. The Kier molecular flexibility index (Phi) is 5.23. The zero-order chi connectivity index (χ0) is 15.0. The second kappa shape index (κ2) is 5.81. The van der Waals surface area contributed by atoms with Gasteiger partial charge in [-0.15, -0.1) is 11.3 Å². The predicted molar refractivity (Wildman–Crippen MR) is 82.0 cm³/mol. The number of likely N-dealkylation sites (N-methyl/N-ethyl adjacent to an activating group) is 1. The zero-order valence-corrected chi connectivity index (χ0v) is 15.0. The SMILES string of the molecule is Cc1sc(Br)cc1S(=O)(=O)N(C)C(CO)C(C)(C)C. The quantitative estimate of drug-likeness (QED) is 0.887. The van der Waals surface area contributed by atoms with Crippen LogP contribution in [-0.2, 0) is 10.0 Å². The van der Waals surface area contributed by atoms with Gasteiger partial charge in [-0.2, -0.15) is 4.31 Å². The van der Waals surface area contributed by atoms with Gasteiger partial charge in [0.1, 0.15) is 0 Å². The third kappa shape index (κ3) is 3.58. The zero-order valence-electron chi connectivity index (χ0n) is 11.8. The van der Waals surface area contributed by atoms with E-state index in [1.54, 1.807) is 13.0 Å². The number of aryl methyl sites for hydroxylation is 1. The van der Waals surface area contributed by atoms with Crippen molar-refractivity contribution in [3.63, 3.8) is 0 Å². The summed E-state index contributed by atoms with van der Waals surface area (Å²) in [5, 5.41) is 9.50. The van der Waals surface area contributed by atoms with Crippen LogP contribution in [0.1, 0.15) is 25.6 Å². The Labute approximate surface area is 127 Å². The van der Waals surface area contributed by atoms with Crippen LogP contribution in [0.15, 0.2) is 14.7 Å². The molecule has 1 rings (SSSR count). The lowest BCUT2D eigenvalue weighted by atomic mass is 9.87. The highest BCUT2D eigenvalue weighted by Crippen LogP contribution is 2.34. The van der Waals surface area contributed by atoms with Crippen molar-refractivity contribution in [2.24, 2.45) is 5.41 Å². The smallest absolute Gasteiger partial charge is 0.244 e. The van der Waals surface area contributed by atoms with Crippen molar-refractivity contribution in [1.82, 2.24) is 4.31 Å². The molecule has 1 heterocycles. The van der Waals surface area contributed by atoms with E-state index in [0.29, 0.717) is 4.90 Å². The van der Waals surface area contributed by atoms with Gasteiger partial charge in [0.25, 0.3) is 0 Å². The van der Waals surface area contributed by atoms with E-state index in [-0.39, 0.29) is 12.0 Å². The molecule has 7 heteroatoms. The summed E-state index contributed by atoms with van der Waals surface area (Å²) in [5.41, 5.74) is -0.336. The van der Waals surface area contributed by atoms with Crippen molar-refractivity contribution in [3.8, 4) is 0 Å². The molecule has 1 aromatic heterocycles. The number of aliphatic hydroxyl groups excluding tert-OH is 1. The van der Waals surface area contributed by atoms with Gasteiger partial charge in [0, 0.05) is 11.9 Å². The Balaban J connectivity index is 3.24.